The van der Waals surface area contributed by atoms with Crippen molar-refractivity contribution in [2.45, 2.75) is 141 Å². The van der Waals surface area contributed by atoms with Crippen molar-refractivity contribution in [3.8, 4) is 0 Å². The van der Waals surface area contributed by atoms with Gasteiger partial charge in [0.2, 0.25) is 0 Å². The van der Waals surface area contributed by atoms with Gasteiger partial charge in [0.15, 0.2) is 0 Å². The Morgan fingerprint density at radius 2 is 1.08 bits per heavy atom. The fraction of sp³-hybridized carbons (Fsp3) is 0.917. The Bertz CT molecular complexity index is 272. The Balaban J connectivity index is 4.26. The second kappa shape index (κ2) is 17.4. The fourth-order valence-electron chi connectivity index (χ4n) is 4.75. The molecule has 0 aromatic rings. The molecule has 0 saturated carbocycles. The molecule has 1 unspecified atom stereocenters. The minimum atomic E-state index is -1.02. The van der Waals surface area contributed by atoms with Crippen LogP contribution in [0.1, 0.15) is 118 Å². The molecule has 0 aliphatic carbocycles. The highest BCUT2D eigenvalue weighted by atomic mass is 28.3. The van der Waals surface area contributed by atoms with Crippen molar-refractivity contribution in [2.75, 3.05) is 0 Å². The first-order valence-electron chi connectivity index (χ1n) is 11.8. The molecule has 0 saturated heterocycles. The van der Waals surface area contributed by atoms with Gasteiger partial charge >= 0.3 is 0 Å². The molecule has 0 fully saturated rings. The standard InChI is InChI=1S/C24H50Si/c1-6-11-13-15-17-19-21-23-24(25(8-3,9-4)10-5)22-20-18-16-14-12-7-2/h7,24H,2,6,8-23H2,1,3-5H3. The van der Waals surface area contributed by atoms with Gasteiger partial charge < -0.3 is 0 Å². The van der Waals surface area contributed by atoms with Gasteiger partial charge in [0.05, 0.1) is 8.07 Å². The normalized spacial score (nSPS) is 13.1. The molecule has 150 valence electrons. The SMILES string of the molecule is C=CCCCCCCC(CCCCCCCCC)[Si](CC)(CC)CC. The summed E-state index contributed by atoms with van der Waals surface area (Å²) in [5.41, 5.74) is 1.10. The summed E-state index contributed by atoms with van der Waals surface area (Å²) in [5.74, 6) is 0. The molecule has 1 atom stereocenters. The number of rotatable bonds is 19. The second-order valence-corrected chi connectivity index (χ2v) is 14.0. The smallest absolute Gasteiger partial charge is 0.0558 e. The summed E-state index contributed by atoms with van der Waals surface area (Å²) in [4.78, 5) is 0. The summed E-state index contributed by atoms with van der Waals surface area (Å²) in [6.45, 7) is 13.7. The lowest BCUT2D eigenvalue weighted by Crippen LogP contribution is -2.37. The summed E-state index contributed by atoms with van der Waals surface area (Å²) in [6, 6.07) is 4.53. The summed E-state index contributed by atoms with van der Waals surface area (Å²) in [7, 11) is -1.02. The van der Waals surface area contributed by atoms with E-state index in [4.69, 9.17) is 0 Å². The molecule has 0 aromatic heterocycles. The maximum absolute atomic E-state index is 3.84. The summed E-state index contributed by atoms with van der Waals surface area (Å²) < 4.78 is 0. The zero-order valence-corrected chi connectivity index (χ0v) is 19.4. The molecule has 25 heavy (non-hydrogen) atoms. The summed E-state index contributed by atoms with van der Waals surface area (Å²) in [5, 5.41) is 0. The topological polar surface area (TPSA) is 0 Å². The van der Waals surface area contributed by atoms with Crippen LogP contribution in [0.5, 0.6) is 0 Å². The largest absolute Gasteiger partial charge is 0.103 e. The van der Waals surface area contributed by atoms with E-state index in [-0.39, 0.29) is 0 Å². The third-order valence-electron chi connectivity index (χ3n) is 6.85. The molecule has 0 amide bonds. The van der Waals surface area contributed by atoms with Crippen LogP contribution in [0.4, 0.5) is 0 Å². The molecule has 0 aliphatic rings. The molecule has 0 aromatic carbocycles. The molecule has 0 aliphatic heterocycles. The average Bonchev–Trinajstić information content (AvgIpc) is 2.64. The maximum Gasteiger partial charge on any atom is 0.0558 e. The van der Waals surface area contributed by atoms with Gasteiger partial charge in [-0.3, -0.25) is 0 Å². The molecule has 0 bridgehead atoms. The third-order valence-corrected chi connectivity index (χ3v) is 13.4. The van der Waals surface area contributed by atoms with Crippen LogP contribution in [-0.2, 0) is 0 Å². The van der Waals surface area contributed by atoms with Crippen LogP contribution in [-0.4, -0.2) is 8.07 Å². The number of unbranched alkanes of at least 4 members (excludes halogenated alkanes) is 10. The Kier molecular flexibility index (Phi) is 17.3. The van der Waals surface area contributed by atoms with Gasteiger partial charge in [0, 0.05) is 0 Å². The van der Waals surface area contributed by atoms with Gasteiger partial charge in [0.1, 0.15) is 0 Å². The van der Waals surface area contributed by atoms with Crippen LogP contribution in [0.3, 0.4) is 0 Å². The van der Waals surface area contributed by atoms with Crippen LogP contribution < -0.4 is 0 Å². The van der Waals surface area contributed by atoms with E-state index in [0.717, 1.165) is 5.54 Å². The molecule has 0 N–H and O–H groups in total. The minimum absolute atomic E-state index is 1.02. The monoisotopic (exact) mass is 366 g/mol. The fourth-order valence-corrected chi connectivity index (χ4v) is 9.62. The highest BCUT2D eigenvalue weighted by molar-refractivity contribution is 6.81. The van der Waals surface area contributed by atoms with E-state index < -0.39 is 8.07 Å². The molecule has 0 spiro atoms. The van der Waals surface area contributed by atoms with Crippen molar-refractivity contribution in [3.63, 3.8) is 0 Å². The van der Waals surface area contributed by atoms with Crippen molar-refractivity contribution in [2.24, 2.45) is 0 Å². The molecular weight excluding hydrogens is 316 g/mol. The Labute approximate surface area is 162 Å². The van der Waals surface area contributed by atoms with Crippen LogP contribution in [0.15, 0.2) is 12.7 Å². The van der Waals surface area contributed by atoms with Gasteiger partial charge in [0.25, 0.3) is 0 Å². The Morgan fingerprint density at radius 3 is 1.52 bits per heavy atom. The summed E-state index contributed by atoms with van der Waals surface area (Å²) in [6.07, 6.45) is 22.3. The Morgan fingerprint density at radius 1 is 0.640 bits per heavy atom. The Hall–Kier alpha value is -0.0431. The molecule has 1 heteroatoms. The lowest BCUT2D eigenvalue weighted by Gasteiger charge is -2.38. The third kappa shape index (κ3) is 11.3. The van der Waals surface area contributed by atoms with Gasteiger partial charge in [-0.25, -0.2) is 0 Å². The molecule has 0 radical (unpaired) electrons. The van der Waals surface area contributed by atoms with Gasteiger partial charge in [-0.2, -0.15) is 0 Å². The zero-order chi connectivity index (χ0) is 18.8. The van der Waals surface area contributed by atoms with Crippen molar-refractivity contribution >= 4 is 8.07 Å². The van der Waals surface area contributed by atoms with E-state index in [1.165, 1.54) is 102 Å². The van der Waals surface area contributed by atoms with E-state index in [1.807, 2.05) is 0 Å². The van der Waals surface area contributed by atoms with Crippen molar-refractivity contribution in [1.29, 1.82) is 0 Å². The average molecular weight is 367 g/mol. The van der Waals surface area contributed by atoms with Gasteiger partial charge in [-0.05, 0) is 18.4 Å². The first-order chi connectivity index (χ1) is 12.2. The maximum atomic E-state index is 3.84. The highest BCUT2D eigenvalue weighted by Crippen LogP contribution is 2.40. The van der Waals surface area contributed by atoms with Crippen LogP contribution in [0.2, 0.25) is 23.7 Å². The number of allylic oxidation sites excluding steroid dienone is 1. The van der Waals surface area contributed by atoms with E-state index in [0.29, 0.717) is 0 Å². The van der Waals surface area contributed by atoms with Gasteiger partial charge in [-0.15, -0.1) is 6.58 Å². The second-order valence-electron chi connectivity index (χ2n) is 8.31. The van der Waals surface area contributed by atoms with Crippen molar-refractivity contribution < 1.29 is 0 Å². The van der Waals surface area contributed by atoms with Crippen LogP contribution >= 0.6 is 0 Å². The minimum Gasteiger partial charge on any atom is -0.103 e. The van der Waals surface area contributed by atoms with E-state index in [1.54, 1.807) is 6.42 Å². The van der Waals surface area contributed by atoms with Gasteiger partial charge in [-0.1, -0.05) is 129 Å². The predicted molar refractivity (Wildman–Crippen MR) is 121 cm³/mol. The van der Waals surface area contributed by atoms with E-state index >= 15 is 0 Å². The first-order valence-corrected chi connectivity index (χ1v) is 14.5. The number of hydrogen-bond donors (Lipinski definition) is 0. The lowest BCUT2D eigenvalue weighted by atomic mass is 10.0. The molecule has 0 nitrogen and oxygen atoms in total. The van der Waals surface area contributed by atoms with E-state index in [9.17, 15) is 0 Å². The van der Waals surface area contributed by atoms with Crippen LogP contribution in [0.25, 0.3) is 0 Å². The lowest BCUT2D eigenvalue weighted by molar-refractivity contribution is 0.524. The molecular formula is C24H50Si. The molecule has 0 rings (SSSR count). The summed E-state index contributed by atoms with van der Waals surface area (Å²) >= 11 is 0. The highest BCUT2D eigenvalue weighted by Gasteiger charge is 2.35. The first kappa shape index (κ1) is 25.0. The number of hydrogen-bond acceptors (Lipinski definition) is 0. The van der Waals surface area contributed by atoms with Crippen molar-refractivity contribution in [1.82, 2.24) is 0 Å². The molecule has 0 heterocycles. The van der Waals surface area contributed by atoms with Crippen molar-refractivity contribution in [3.05, 3.63) is 12.7 Å². The quantitative estimate of drug-likeness (QED) is 0.121. The predicted octanol–water partition coefficient (Wildman–Crippen LogP) is 9.53. The van der Waals surface area contributed by atoms with E-state index in [2.05, 4.69) is 40.3 Å². The zero-order valence-electron chi connectivity index (χ0n) is 18.4. The van der Waals surface area contributed by atoms with Crippen LogP contribution in [0, 0.1) is 0 Å².